The van der Waals surface area contributed by atoms with E-state index in [4.69, 9.17) is 21.3 Å². The Hall–Kier alpha value is -2.84. The van der Waals surface area contributed by atoms with Crippen molar-refractivity contribution < 1.29 is 4.74 Å². The molecule has 2 aromatic rings. The molecule has 2 aromatic carbocycles. The Kier molecular flexibility index (Phi) is 3.47. The third-order valence-electron chi connectivity index (χ3n) is 4.93. The second-order valence-electron chi connectivity index (χ2n) is 6.47. The second kappa shape index (κ2) is 5.86. The maximum absolute atomic E-state index is 6.11. The third kappa shape index (κ3) is 2.30. The molecule has 3 heteroatoms. The summed E-state index contributed by atoms with van der Waals surface area (Å²) in [5.41, 5.74) is 3.97. The standard InChI is InChI=1S/C23H15ClNO/c24-19-13-8-16(9-14-19)10-15-22-25-23-18(5-3-7-21(23)26-22)12-11-17-4-1-2-6-20(17)23/h1-4,6-10,12-15H,11H2. The molecule has 1 radical (unpaired) electrons. The Morgan fingerprint density at radius 2 is 1.92 bits per heavy atom. The van der Waals surface area contributed by atoms with Crippen LogP contribution in [0, 0.1) is 6.08 Å². The van der Waals surface area contributed by atoms with Crippen molar-refractivity contribution in [2.45, 2.75) is 12.0 Å². The van der Waals surface area contributed by atoms with Gasteiger partial charge in [-0.15, -0.1) is 0 Å². The Morgan fingerprint density at radius 3 is 2.81 bits per heavy atom. The monoisotopic (exact) mass is 356 g/mol. The molecular formula is C23H15ClNO. The Bertz CT molecular complexity index is 1040. The summed E-state index contributed by atoms with van der Waals surface area (Å²) in [5.74, 6) is 1.44. The lowest BCUT2D eigenvalue weighted by atomic mass is 9.73. The Balaban J connectivity index is 1.58. The van der Waals surface area contributed by atoms with E-state index in [1.165, 1.54) is 11.1 Å². The Morgan fingerprint density at radius 1 is 1.08 bits per heavy atom. The second-order valence-corrected chi connectivity index (χ2v) is 6.90. The summed E-state index contributed by atoms with van der Waals surface area (Å²) in [7, 11) is 0. The zero-order valence-electron chi connectivity index (χ0n) is 13.9. The van der Waals surface area contributed by atoms with E-state index in [-0.39, 0.29) is 0 Å². The van der Waals surface area contributed by atoms with Gasteiger partial charge in [-0.25, -0.2) is 4.99 Å². The van der Waals surface area contributed by atoms with Crippen LogP contribution in [-0.4, -0.2) is 5.90 Å². The lowest BCUT2D eigenvalue weighted by Crippen LogP contribution is -2.31. The van der Waals surface area contributed by atoms with Crippen molar-refractivity contribution in [2.24, 2.45) is 4.99 Å². The number of benzene rings is 2. The zero-order chi connectivity index (χ0) is 17.6. The normalized spacial score (nSPS) is 22.7. The maximum atomic E-state index is 6.11. The topological polar surface area (TPSA) is 21.6 Å². The highest BCUT2D eigenvalue weighted by Crippen LogP contribution is 2.50. The van der Waals surface area contributed by atoms with Gasteiger partial charge in [-0.2, -0.15) is 0 Å². The third-order valence-corrected chi connectivity index (χ3v) is 5.19. The van der Waals surface area contributed by atoms with Gasteiger partial charge in [-0.3, -0.25) is 0 Å². The summed E-state index contributed by atoms with van der Waals surface area (Å²) in [6.07, 6.45) is 14.2. The summed E-state index contributed by atoms with van der Waals surface area (Å²) in [6, 6.07) is 16.1. The molecule has 0 fully saturated rings. The van der Waals surface area contributed by atoms with E-state index in [1.54, 1.807) is 0 Å². The van der Waals surface area contributed by atoms with Crippen LogP contribution in [0.25, 0.3) is 6.08 Å². The number of ether oxygens (including phenoxy) is 1. The van der Waals surface area contributed by atoms with E-state index in [2.05, 4.69) is 36.4 Å². The van der Waals surface area contributed by atoms with Gasteiger partial charge in [0.15, 0.2) is 5.54 Å². The largest absolute Gasteiger partial charge is 0.440 e. The van der Waals surface area contributed by atoms with Gasteiger partial charge >= 0.3 is 0 Å². The minimum absolute atomic E-state index is 0.594. The van der Waals surface area contributed by atoms with E-state index >= 15 is 0 Å². The number of aliphatic imine (C=N–C) groups is 1. The summed E-state index contributed by atoms with van der Waals surface area (Å²) < 4.78 is 6.11. The number of hydrogen-bond acceptors (Lipinski definition) is 2. The molecule has 0 saturated carbocycles. The van der Waals surface area contributed by atoms with Crippen LogP contribution in [0.2, 0.25) is 5.02 Å². The van der Waals surface area contributed by atoms with Crippen LogP contribution in [0.5, 0.6) is 0 Å². The molecule has 5 rings (SSSR count). The summed E-state index contributed by atoms with van der Waals surface area (Å²) in [6.45, 7) is 0. The highest BCUT2D eigenvalue weighted by molar-refractivity contribution is 6.30. The quantitative estimate of drug-likeness (QED) is 0.704. The summed E-state index contributed by atoms with van der Waals surface area (Å²) >= 11 is 5.95. The minimum Gasteiger partial charge on any atom is -0.440 e. The van der Waals surface area contributed by atoms with Gasteiger partial charge in [0, 0.05) is 11.1 Å². The molecule has 3 aliphatic rings. The number of hydrogen-bond donors (Lipinski definition) is 0. The van der Waals surface area contributed by atoms with Gasteiger partial charge in [-0.05, 0) is 59.0 Å². The smallest absolute Gasteiger partial charge is 0.216 e. The fraction of sp³-hybridized carbons (Fsp3) is 0.0870. The van der Waals surface area contributed by atoms with Crippen molar-refractivity contribution in [2.75, 3.05) is 0 Å². The van der Waals surface area contributed by atoms with Crippen LogP contribution < -0.4 is 0 Å². The molecule has 1 unspecified atom stereocenters. The van der Waals surface area contributed by atoms with Crippen LogP contribution >= 0.6 is 11.6 Å². The van der Waals surface area contributed by atoms with Crippen LogP contribution in [0.3, 0.4) is 0 Å². The van der Waals surface area contributed by atoms with Crippen molar-refractivity contribution in [1.82, 2.24) is 0 Å². The van der Waals surface area contributed by atoms with Gasteiger partial charge in [0.05, 0.1) is 0 Å². The number of rotatable bonds is 2. The van der Waals surface area contributed by atoms with E-state index < -0.39 is 5.54 Å². The van der Waals surface area contributed by atoms with Gasteiger partial charge in [0.2, 0.25) is 5.90 Å². The predicted octanol–water partition coefficient (Wildman–Crippen LogP) is 5.42. The fourth-order valence-corrected chi connectivity index (χ4v) is 3.84. The first-order valence-electron chi connectivity index (χ1n) is 8.57. The average Bonchev–Trinajstić information content (AvgIpc) is 3.06. The highest BCUT2D eigenvalue weighted by atomic mass is 35.5. The molecule has 2 nitrogen and oxygen atoms in total. The maximum Gasteiger partial charge on any atom is 0.216 e. The average molecular weight is 357 g/mol. The number of allylic oxidation sites excluding steroid dienone is 3. The van der Waals surface area contributed by atoms with E-state index in [0.717, 1.165) is 28.3 Å². The molecule has 1 aliphatic heterocycles. The van der Waals surface area contributed by atoms with Crippen LogP contribution in [0.15, 0.2) is 89.2 Å². The van der Waals surface area contributed by atoms with Gasteiger partial charge in [0.25, 0.3) is 0 Å². The van der Waals surface area contributed by atoms with Crippen LogP contribution in [-0.2, 0) is 16.7 Å². The molecule has 1 heterocycles. The van der Waals surface area contributed by atoms with Gasteiger partial charge in [0.1, 0.15) is 5.76 Å². The van der Waals surface area contributed by atoms with Crippen molar-refractivity contribution in [3.63, 3.8) is 0 Å². The zero-order valence-corrected chi connectivity index (χ0v) is 14.7. The highest BCUT2D eigenvalue weighted by Gasteiger charge is 2.49. The SMILES string of the molecule is Clc1ccc(C=CC2=NC34C(=CCc5ccccc53)[C]=CC=C4O2)cc1. The first-order valence-corrected chi connectivity index (χ1v) is 8.94. The van der Waals surface area contributed by atoms with Crippen molar-refractivity contribution in [3.05, 3.63) is 112 Å². The molecule has 0 saturated heterocycles. The molecule has 2 aliphatic carbocycles. The molecule has 26 heavy (non-hydrogen) atoms. The van der Waals surface area contributed by atoms with Crippen molar-refractivity contribution >= 4 is 23.6 Å². The lowest BCUT2D eigenvalue weighted by Gasteiger charge is -2.34. The van der Waals surface area contributed by atoms with E-state index in [0.29, 0.717) is 5.90 Å². The van der Waals surface area contributed by atoms with Gasteiger partial charge in [-0.1, -0.05) is 60.2 Å². The molecule has 1 spiro atoms. The van der Waals surface area contributed by atoms with E-state index in [9.17, 15) is 0 Å². The molecule has 0 bridgehead atoms. The van der Waals surface area contributed by atoms with Crippen LogP contribution in [0.1, 0.15) is 16.7 Å². The number of halogens is 1. The van der Waals surface area contributed by atoms with Gasteiger partial charge < -0.3 is 4.74 Å². The number of fused-ring (bicyclic) bond motifs is 1. The molecular weight excluding hydrogens is 342 g/mol. The molecule has 1 atom stereocenters. The predicted molar refractivity (Wildman–Crippen MR) is 105 cm³/mol. The minimum atomic E-state index is -0.594. The summed E-state index contributed by atoms with van der Waals surface area (Å²) in [5, 5.41) is 0.724. The van der Waals surface area contributed by atoms with E-state index in [1.807, 2.05) is 48.6 Å². The summed E-state index contributed by atoms with van der Waals surface area (Å²) in [4.78, 5) is 5.00. The number of nitrogens with zero attached hydrogens (tertiary/aromatic N) is 1. The van der Waals surface area contributed by atoms with Crippen molar-refractivity contribution in [3.8, 4) is 0 Å². The first kappa shape index (κ1) is 15.4. The van der Waals surface area contributed by atoms with Crippen molar-refractivity contribution in [1.29, 1.82) is 0 Å². The lowest BCUT2D eigenvalue weighted by molar-refractivity contribution is 0.380. The molecule has 0 aromatic heterocycles. The first-order chi connectivity index (χ1) is 12.8. The fourth-order valence-electron chi connectivity index (χ4n) is 3.71. The molecule has 0 amide bonds. The Labute approximate surface area is 157 Å². The molecule has 125 valence electrons. The van der Waals surface area contributed by atoms with Crippen LogP contribution in [0.4, 0.5) is 0 Å². The molecule has 0 N–H and O–H groups in total.